The number of fused-ring (bicyclic) bond motifs is 1. The Morgan fingerprint density at radius 2 is 2.00 bits per heavy atom. The van der Waals surface area contributed by atoms with Crippen molar-refractivity contribution in [1.82, 2.24) is 5.32 Å². The number of carboxylic acids is 1. The van der Waals surface area contributed by atoms with Crippen LogP contribution in [0.5, 0.6) is 0 Å². The molecule has 1 aliphatic carbocycles. The van der Waals surface area contributed by atoms with Crippen molar-refractivity contribution in [2.24, 2.45) is 0 Å². The lowest BCUT2D eigenvalue weighted by Crippen LogP contribution is -2.36. The summed E-state index contributed by atoms with van der Waals surface area (Å²) >= 11 is 0. The van der Waals surface area contributed by atoms with Gasteiger partial charge in [-0.25, -0.2) is 4.79 Å². The lowest BCUT2D eigenvalue weighted by molar-refractivity contribution is 0.0384. The van der Waals surface area contributed by atoms with Gasteiger partial charge in [-0.05, 0) is 41.7 Å². The molecule has 1 atom stereocenters. The Hall–Kier alpha value is -2.17. The molecular formula is C18H19NO3. The Kier molecular flexibility index (Phi) is 3.96. The van der Waals surface area contributed by atoms with E-state index in [1.165, 1.54) is 5.56 Å². The molecule has 0 amide bonds. The fourth-order valence-corrected chi connectivity index (χ4v) is 3.08. The van der Waals surface area contributed by atoms with Gasteiger partial charge in [0.25, 0.3) is 0 Å². The number of rotatable bonds is 5. The van der Waals surface area contributed by atoms with Crippen LogP contribution in [0, 0.1) is 0 Å². The number of benzene rings is 2. The van der Waals surface area contributed by atoms with Gasteiger partial charge in [0, 0.05) is 13.1 Å². The lowest BCUT2D eigenvalue weighted by Gasteiger charge is -2.24. The Labute approximate surface area is 129 Å². The van der Waals surface area contributed by atoms with Crippen LogP contribution in [-0.4, -0.2) is 22.7 Å². The number of carboxylic acid groups (broad SMARTS) is 1. The number of nitrogens with one attached hydrogen (secondary N) is 1. The molecule has 2 aromatic rings. The first kappa shape index (κ1) is 14.8. The average Bonchev–Trinajstić information content (AvgIpc) is 2.86. The summed E-state index contributed by atoms with van der Waals surface area (Å²) in [5.74, 6) is -0.926. The summed E-state index contributed by atoms with van der Waals surface area (Å²) < 4.78 is 0. The lowest BCUT2D eigenvalue weighted by atomic mass is 9.96. The van der Waals surface area contributed by atoms with E-state index in [-0.39, 0.29) is 5.56 Å². The number of aromatic carboxylic acids is 1. The second-order valence-corrected chi connectivity index (χ2v) is 5.80. The van der Waals surface area contributed by atoms with E-state index in [1.807, 2.05) is 24.3 Å². The van der Waals surface area contributed by atoms with Gasteiger partial charge in [-0.15, -0.1) is 0 Å². The summed E-state index contributed by atoms with van der Waals surface area (Å²) in [4.78, 5) is 11.0. The van der Waals surface area contributed by atoms with Crippen LogP contribution in [0.1, 0.15) is 33.5 Å². The molecule has 0 heterocycles. The van der Waals surface area contributed by atoms with E-state index in [9.17, 15) is 9.90 Å². The Morgan fingerprint density at radius 3 is 2.82 bits per heavy atom. The molecule has 0 aromatic heterocycles. The van der Waals surface area contributed by atoms with E-state index in [2.05, 4.69) is 11.4 Å². The maximum Gasteiger partial charge on any atom is 0.335 e. The van der Waals surface area contributed by atoms with Crippen LogP contribution in [0.25, 0.3) is 0 Å². The number of aryl methyl sites for hydroxylation is 1. The molecule has 4 nitrogen and oxygen atoms in total. The van der Waals surface area contributed by atoms with Gasteiger partial charge in [0.05, 0.1) is 5.56 Å². The van der Waals surface area contributed by atoms with Gasteiger partial charge in [-0.2, -0.15) is 0 Å². The molecule has 0 radical (unpaired) electrons. The molecule has 0 aliphatic heterocycles. The quantitative estimate of drug-likeness (QED) is 0.792. The molecule has 1 aliphatic rings. The first-order valence-corrected chi connectivity index (χ1v) is 7.42. The molecule has 4 heteroatoms. The molecule has 114 valence electrons. The Morgan fingerprint density at radius 1 is 1.18 bits per heavy atom. The second kappa shape index (κ2) is 5.91. The number of hydrogen-bond acceptors (Lipinski definition) is 3. The molecule has 2 aromatic carbocycles. The summed E-state index contributed by atoms with van der Waals surface area (Å²) in [7, 11) is 0. The highest BCUT2D eigenvalue weighted by atomic mass is 16.4. The minimum absolute atomic E-state index is 0.282. The highest BCUT2D eigenvalue weighted by Crippen LogP contribution is 2.36. The first-order chi connectivity index (χ1) is 10.6. The molecule has 3 N–H and O–H groups in total. The van der Waals surface area contributed by atoms with E-state index in [0.29, 0.717) is 19.5 Å². The van der Waals surface area contributed by atoms with E-state index in [4.69, 9.17) is 5.11 Å². The molecular weight excluding hydrogens is 278 g/mol. The molecule has 0 saturated carbocycles. The van der Waals surface area contributed by atoms with E-state index >= 15 is 0 Å². The average molecular weight is 297 g/mol. The summed E-state index contributed by atoms with van der Waals surface area (Å²) in [6.07, 6.45) is 1.61. The normalized spacial score (nSPS) is 19.9. The number of hydrogen-bond donors (Lipinski definition) is 3. The molecule has 3 rings (SSSR count). The van der Waals surface area contributed by atoms with Crippen molar-refractivity contribution in [1.29, 1.82) is 0 Å². The smallest absolute Gasteiger partial charge is 0.335 e. The van der Waals surface area contributed by atoms with Crippen LogP contribution in [0.3, 0.4) is 0 Å². The van der Waals surface area contributed by atoms with Crippen molar-refractivity contribution >= 4 is 5.97 Å². The summed E-state index contributed by atoms with van der Waals surface area (Å²) in [6, 6.07) is 14.8. The zero-order chi connectivity index (χ0) is 15.6. The molecule has 22 heavy (non-hydrogen) atoms. The molecule has 1 unspecified atom stereocenters. The van der Waals surface area contributed by atoms with Gasteiger partial charge >= 0.3 is 5.97 Å². The van der Waals surface area contributed by atoms with Crippen molar-refractivity contribution in [3.05, 3.63) is 70.8 Å². The van der Waals surface area contributed by atoms with Gasteiger partial charge in [0.15, 0.2) is 0 Å². The fraction of sp³-hybridized carbons (Fsp3) is 0.278. The van der Waals surface area contributed by atoms with Gasteiger partial charge in [0.2, 0.25) is 0 Å². The summed E-state index contributed by atoms with van der Waals surface area (Å²) in [6.45, 7) is 0.993. The Bertz CT molecular complexity index is 698. The fourth-order valence-electron chi connectivity index (χ4n) is 3.08. The maximum absolute atomic E-state index is 11.0. The second-order valence-electron chi connectivity index (χ2n) is 5.80. The number of aliphatic hydroxyl groups is 1. The minimum Gasteiger partial charge on any atom is -0.478 e. The van der Waals surface area contributed by atoms with Crippen molar-refractivity contribution in [3.8, 4) is 0 Å². The zero-order valence-electron chi connectivity index (χ0n) is 12.2. The van der Waals surface area contributed by atoms with Crippen LogP contribution in [0.2, 0.25) is 0 Å². The van der Waals surface area contributed by atoms with Crippen molar-refractivity contribution in [3.63, 3.8) is 0 Å². The molecule has 0 fully saturated rings. The topological polar surface area (TPSA) is 69.6 Å². The minimum atomic E-state index is -0.926. The van der Waals surface area contributed by atoms with Crippen molar-refractivity contribution < 1.29 is 15.0 Å². The van der Waals surface area contributed by atoms with Crippen LogP contribution in [-0.2, 0) is 18.6 Å². The van der Waals surface area contributed by atoms with E-state index < -0.39 is 11.6 Å². The van der Waals surface area contributed by atoms with Crippen LogP contribution >= 0.6 is 0 Å². The predicted molar refractivity (Wildman–Crippen MR) is 83.8 cm³/mol. The highest BCUT2D eigenvalue weighted by Gasteiger charge is 2.35. The molecule has 0 bridgehead atoms. The standard InChI is InChI=1S/C18H19NO3/c20-17(21)15-6-3-4-13(10-15)11-19-12-18(22)9-8-14-5-1-2-7-16(14)18/h1-7,10,19,22H,8-9,11-12H2,(H,20,21). The monoisotopic (exact) mass is 297 g/mol. The first-order valence-electron chi connectivity index (χ1n) is 7.42. The SMILES string of the molecule is O=C(O)c1cccc(CNCC2(O)CCc3ccccc32)c1. The third kappa shape index (κ3) is 2.89. The molecule has 0 spiro atoms. The number of carbonyl (C=O) groups is 1. The van der Waals surface area contributed by atoms with Gasteiger partial charge in [-0.1, -0.05) is 36.4 Å². The third-order valence-corrected chi connectivity index (χ3v) is 4.25. The third-order valence-electron chi connectivity index (χ3n) is 4.25. The highest BCUT2D eigenvalue weighted by molar-refractivity contribution is 5.87. The van der Waals surface area contributed by atoms with Gasteiger partial charge in [0.1, 0.15) is 5.60 Å². The predicted octanol–water partition coefficient (Wildman–Crippen LogP) is 2.31. The van der Waals surface area contributed by atoms with E-state index in [0.717, 1.165) is 17.5 Å². The van der Waals surface area contributed by atoms with Crippen LogP contribution in [0.15, 0.2) is 48.5 Å². The molecule has 0 saturated heterocycles. The summed E-state index contributed by atoms with van der Waals surface area (Å²) in [5, 5.41) is 23.1. The van der Waals surface area contributed by atoms with Crippen molar-refractivity contribution in [2.75, 3.05) is 6.54 Å². The van der Waals surface area contributed by atoms with Crippen LogP contribution < -0.4 is 5.32 Å². The van der Waals surface area contributed by atoms with Crippen molar-refractivity contribution in [2.45, 2.75) is 25.0 Å². The zero-order valence-corrected chi connectivity index (χ0v) is 12.2. The summed E-state index contributed by atoms with van der Waals surface area (Å²) in [5.41, 5.74) is 2.56. The van der Waals surface area contributed by atoms with Gasteiger partial charge < -0.3 is 15.5 Å². The Balaban J connectivity index is 1.64. The van der Waals surface area contributed by atoms with Gasteiger partial charge in [-0.3, -0.25) is 0 Å². The van der Waals surface area contributed by atoms with E-state index in [1.54, 1.807) is 18.2 Å². The largest absolute Gasteiger partial charge is 0.478 e. The van der Waals surface area contributed by atoms with Crippen LogP contribution in [0.4, 0.5) is 0 Å². The maximum atomic E-state index is 11.0.